The molecule has 0 saturated carbocycles. The molecular formula is C14H18N4O3S. The number of nitrogens with zero attached hydrogens (tertiary/aromatic N) is 4. The predicted molar refractivity (Wildman–Crippen MR) is 83.7 cm³/mol. The van der Waals surface area contributed by atoms with Crippen molar-refractivity contribution in [3.63, 3.8) is 0 Å². The minimum absolute atomic E-state index is 0.127. The first kappa shape index (κ1) is 16.2. The van der Waals surface area contributed by atoms with Gasteiger partial charge in [-0.1, -0.05) is 0 Å². The Morgan fingerprint density at radius 3 is 2.68 bits per heavy atom. The number of hydrogen-bond donors (Lipinski definition) is 0. The van der Waals surface area contributed by atoms with Gasteiger partial charge in [0.25, 0.3) is 0 Å². The minimum Gasteiger partial charge on any atom is -0.339 e. The molecule has 0 aliphatic carbocycles. The second-order valence-electron chi connectivity index (χ2n) is 5.63. The van der Waals surface area contributed by atoms with Crippen LogP contribution in [0.4, 0.5) is 5.69 Å². The van der Waals surface area contributed by atoms with E-state index < -0.39 is 10.5 Å². The molecule has 0 aliphatic rings. The van der Waals surface area contributed by atoms with Crippen LogP contribution < -0.4 is 0 Å². The number of thiophene rings is 1. The zero-order chi connectivity index (χ0) is 16.5. The Balaban J connectivity index is 2.16. The third-order valence-electron chi connectivity index (χ3n) is 3.41. The topological polar surface area (TPSA) is 81.3 Å². The first-order valence-electron chi connectivity index (χ1n) is 6.72. The van der Waals surface area contributed by atoms with Gasteiger partial charge in [0.2, 0.25) is 5.91 Å². The third kappa shape index (κ3) is 3.16. The van der Waals surface area contributed by atoms with Crippen molar-refractivity contribution >= 4 is 22.9 Å². The number of aryl methyl sites for hydroxylation is 1. The summed E-state index contributed by atoms with van der Waals surface area (Å²) in [5.74, 6) is -0.156. The standard InChI is InChI=1S/C14H18N4O3S/c1-10-5-6-12(22-10)9-16(4)13(19)14(2,3)17-8-11(7-15-17)18(20)21/h5-8H,9H2,1-4H3. The molecule has 0 bridgehead atoms. The average Bonchev–Trinajstić information content (AvgIpc) is 3.07. The van der Waals surface area contributed by atoms with Crippen LogP contribution in [0.25, 0.3) is 0 Å². The van der Waals surface area contributed by atoms with Crippen molar-refractivity contribution < 1.29 is 9.72 Å². The summed E-state index contributed by atoms with van der Waals surface area (Å²) in [5.41, 5.74) is -1.12. The number of rotatable bonds is 5. The zero-order valence-electron chi connectivity index (χ0n) is 12.9. The van der Waals surface area contributed by atoms with Crippen LogP contribution in [-0.2, 0) is 16.9 Å². The number of amides is 1. The molecule has 0 fully saturated rings. The van der Waals surface area contributed by atoms with Crippen molar-refractivity contribution in [3.8, 4) is 0 Å². The van der Waals surface area contributed by atoms with Gasteiger partial charge in [0.05, 0.1) is 11.5 Å². The van der Waals surface area contributed by atoms with Gasteiger partial charge in [-0.05, 0) is 32.9 Å². The lowest BCUT2D eigenvalue weighted by Gasteiger charge is -2.29. The van der Waals surface area contributed by atoms with Gasteiger partial charge in [-0.2, -0.15) is 5.10 Å². The highest BCUT2D eigenvalue weighted by Gasteiger charge is 2.34. The van der Waals surface area contributed by atoms with Crippen LogP contribution >= 0.6 is 11.3 Å². The van der Waals surface area contributed by atoms with Crippen LogP contribution in [0.2, 0.25) is 0 Å². The van der Waals surface area contributed by atoms with Gasteiger partial charge in [-0.25, -0.2) is 0 Å². The minimum atomic E-state index is -0.991. The second-order valence-corrected chi connectivity index (χ2v) is 7.01. The van der Waals surface area contributed by atoms with Crippen LogP contribution in [0.1, 0.15) is 23.6 Å². The Morgan fingerprint density at radius 2 is 2.18 bits per heavy atom. The smallest absolute Gasteiger partial charge is 0.307 e. The van der Waals surface area contributed by atoms with Gasteiger partial charge < -0.3 is 4.90 Å². The van der Waals surface area contributed by atoms with E-state index in [4.69, 9.17) is 0 Å². The summed E-state index contributed by atoms with van der Waals surface area (Å²) in [5, 5.41) is 14.7. The molecule has 2 rings (SSSR count). The number of aromatic nitrogens is 2. The summed E-state index contributed by atoms with van der Waals surface area (Å²) < 4.78 is 1.34. The SMILES string of the molecule is Cc1ccc(CN(C)C(=O)C(C)(C)n2cc([N+](=O)[O-])cn2)s1. The van der Waals surface area contributed by atoms with E-state index in [2.05, 4.69) is 5.10 Å². The third-order valence-corrected chi connectivity index (χ3v) is 4.40. The second kappa shape index (κ2) is 5.88. The summed E-state index contributed by atoms with van der Waals surface area (Å²) >= 11 is 1.64. The Hall–Kier alpha value is -2.22. The number of nitro groups is 1. The number of hydrogen-bond acceptors (Lipinski definition) is 5. The lowest BCUT2D eigenvalue weighted by molar-refractivity contribution is -0.385. The van der Waals surface area contributed by atoms with Crippen molar-refractivity contribution in [2.24, 2.45) is 0 Å². The molecule has 8 heteroatoms. The van der Waals surface area contributed by atoms with Crippen molar-refractivity contribution in [1.29, 1.82) is 0 Å². The first-order chi connectivity index (χ1) is 10.2. The lowest BCUT2D eigenvalue weighted by atomic mass is 10.0. The summed E-state index contributed by atoms with van der Waals surface area (Å²) in [6.07, 6.45) is 2.43. The van der Waals surface area contributed by atoms with Crippen molar-refractivity contribution in [3.05, 3.63) is 44.4 Å². The molecule has 1 amide bonds. The van der Waals surface area contributed by atoms with Crippen LogP contribution in [0.15, 0.2) is 24.5 Å². The highest BCUT2D eigenvalue weighted by atomic mass is 32.1. The Morgan fingerprint density at radius 1 is 1.50 bits per heavy atom. The molecule has 0 aliphatic heterocycles. The van der Waals surface area contributed by atoms with E-state index in [0.717, 1.165) is 11.1 Å². The predicted octanol–water partition coefficient (Wildman–Crippen LogP) is 2.55. The monoisotopic (exact) mass is 322 g/mol. The Labute approximate surface area is 132 Å². The summed E-state index contributed by atoms with van der Waals surface area (Å²) in [7, 11) is 1.72. The van der Waals surface area contributed by atoms with E-state index in [9.17, 15) is 14.9 Å². The lowest BCUT2D eigenvalue weighted by Crippen LogP contribution is -2.45. The zero-order valence-corrected chi connectivity index (χ0v) is 13.8. The van der Waals surface area contributed by atoms with Gasteiger partial charge >= 0.3 is 5.69 Å². The Bertz CT molecular complexity index is 705. The first-order valence-corrected chi connectivity index (χ1v) is 7.54. The molecule has 0 saturated heterocycles. The van der Waals surface area contributed by atoms with Crippen LogP contribution in [-0.4, -0.2) is 32.6 Å². The molecule has 0 aromatic carbocycles. The van der Waals surface area contributed by atoms with Crippen LogP contribution in [0.3, 0.4) is 0 Å². The van der Waals surface area contributed by atoms with E-state index in [-0.39, 0.29) is 11.6 Å². The van der Waals surface area contributed by atoms with Gasteiger partial charge in [-0.15, -0.1) is 11.3 Å². The van der Waals surface area contributed by atoms with E-state index in [1.807, 2.05) is 19.1 Å². The van der Waals surface area contributed by atoms with E-state index in [1.165, 1.54) is 15.8 Å². The fourth-order valence-corrected chi connectivity index (χ4v) is 3.10. The molecule has 118 valence electrons. The molecule has 2 heterocycles. The number of likely N-dealkylation sites (N-methyl/N-ethyl adjacent to an activating group) is 1. The van der Waals surface area contributed by atoms with Crippen molar-refractivity contribution in [1.82, 2.24) is 14.7 Å². The fraction of sp³-hybridized carbons (Fsp3) is 0.429. The van der Waals surface area contributed by atoms with E-state index in [0.29, 0.717) is 6.54 Å². The van der Waals surface area contributed by atoms with Crippen molar-refractivity contribution in [2.45, 2.75) is 32.9 Å². The van der Waals surface area contributed by atoms with Crippen LogP contribution in [0, 0.1) is 17.0 Å². The largest absolute Gasteiger partial charge is 0.339 e. The van der Waals surface area contributed by atoms with Crippen molar-refractivity contribution in [2.75, 3.05) is 7.05 Å². The van der Waals surface area contributed by atoms with Gasteiger partial charge in [0.15, 0.2) is 0 Å². The summed E-state index contributed by atoms with van der Waals surface area (Å²) in [6.45, 7) is 5.91. The maximum absolute atomic E-state index is 12.7. The maximum Gasteiger partial charge on any atom is 0.307 e. The Kier molecular flexibility index (Phi) is 4.32. The maximum atomic E-state index is 12.7. The highest BCUT2D eigenvalue weighted by molar-refractivity contribution is 7.11. The molecule has 2 aromatic heterocycles. The normalized spacial score (nSPS) is 11.5. The fourth-order valence-electron chi connectivity index (χ4n) is 2.15. The van der Waals surface area contributed by atoms with E-state index >= 15 is 0 Å². The molecular weight excluding hydrogens is 304 g/mol. The molecule has 0 spiro atoms. The molecule has 0 radical (unpaired) electrons. The highest BCUT2D eigenvalue weighted by Crippen LogP contribution is 2.23. The van der Waals surface area contributed by atoms with E-state index in [1.54, 1.807) is 37.1 Å². The molecule has 2 aromatic rings. The van der Waals surface area contributed by atoms with Crippen LogP contribution in [0.5, 0.6) is 0 Å². The quantitative estimate of drug-likeness (QED) is 0.626. The summed E-state index contributed by atoms with van der Waals surface area (Å²) in [6, 6.07) is 4.01. The molecule has 22 heavy (non-hydrogen) atoms. The molecule has 0 unspecified atom stereocenters. The molecule has 7 nitrogen and oxygen atoms in total. The van der Waals surface area contributed by atoms with Gasteiger partial charge in [0, 0.05) is 16.8 Å². The average molecular weight is 322 g/mol. The number of carbonyl (C=O) groups excluding carboxylic acids is 1. The van der Waals surface area contributed by atoms with Gasteiger partial charge in [-0.3, -0.25) is 19.6 Å². The molecule has 0 atom stereocenters. The number of carbonyl (C=O) groups is 1. The summed E-state index contributed by atoms with van der Waals surface area (Å²) in [4.78, 5) is 26.8. The van der Waals surface area contributed by atoms with Gasteiger partial charge in [0.1, 0.15) is 17.9 Å². The molecule has 0 N–H and O–H groups in total.